The second kappa shape index (κ2) is 5.55. The van der Waals surface area contributed by atoms with Gasteiger partial charge < -0.3 is 4.90 Å². The van der Waals surface area contributed by atoms with Crippen LogP contribution in [0.25, 0.3) is 0 Å². The van der Waals surface area contributed by atoms with Crippen LogP contribution in [0.5, 0.6) is 0 Å². The molecule has 112 valence electrons. The van der Waals surface area contributed by atoms with Gasteiger partial charge in [0, 0.05) is 39.2 Å². The topological polar surface area (TPSA) is 51.0 Å². The molecule has 0 bridgehead atoms. The molecule has 0 aliphatic heterocycles. The van der Waals surface area contributed by atoms with Crippen molar-refractivity contribution in [2.24, 2.45) is 7.05 Å². The van der Waals surface area contributed by atoms with Crippen molar-refractivity contribution in [3.63, 3.8) is 0 Å². The van der Waals surface area contributed by atoms with Crippen LogP contribution in [0.15, 0.2) is 30.7 Å². The highest BCUT2D eigenvalue weighted by Gasteiger charge is 2.39. The standard InChI is InChI=1S/C13H13F3N4O/c1-19(7-9-4-3-5-17-6-9)12(21)10-8-20(2)18-11(10)13(14,15)16/h3-6,8H,7H2,1-2H3. The summed E-state index contributed by atoms with van der Waals surface area (Å²) in [5, 5.41) is 3.32. The number of pyridine rings is 1. The maximum atomic E-state index is 12.9. The Bertz CT molecular complexity index is 637. The molecule has 5 nitrogen and oxygen atoms in total. The van der Waals surface area contributed by atoms with Gasteiger partial charge in [-0.2, -0.15) is 18.3 Å². The van der Waals surface area contributed by atoms with Crippen LogP contribution in [0, 0.1) is 0 Å². The molecule has 0 saturated heterocycles. The Morgan fingerprint density at radius 3 is 2.71 bits per heavy atom. The summed E-state index contributed by atoms with van der Waals surface area (Å²) >= 11 is 0. The quantitative estimate of drug-likeness (QED) is 0.872. The molecular weight excluding hydrogens is 285 g/mol. The predicted octanol–water partition coefficient (Wildman–Crippen LogP) is 2.11. The minimum atomic E-state index is -4.67. The van der Waals surface area contributed by atoms with E-state index < -0.39 is 23.3 Å². The number of aromatic nitrogens is 3. The molecule has 8 heteroatoms. The fourth-order valence-corrected chi connectivity index (χ4v) is 1.90. The maximum Gasteiger partial charge on any atom is 0.435 e. The summed E-state index contributed by atoms with van der Waals surface area (Å²) in [5.74, 6) is -0.737. The normalized spacial score (nSPS) is 11.5. The van der Waals surface area contributed by atoms with Crippen molar-refractivity contribution in [1.82, 2.24) is 19.7 Å². The second-order valence-corrected chi connectivity index (χ2v) is 4.59. The van der Waals surface area contributed by atoms with Crippen LogP contribution in [0.4, 0.5) is 13.2 Å². The highest BCUT2D eigenvalue weighted by Crippen LogP contribution is 2.31. The molecule has 1 amide bonds. The molecule has 2 aromatic rings. The summed E-state index contributed by atoms with van der Waals surface area (Å²) in [4.78, 5) is 17.3. The van der Waals surface area contributed by atoms with Crippen molar-refractivity contribution in [3.05, 3.63) is 47.5 Å². The van der Waals surface area contributed by atoms with Gasteiger partial charge in [0.2, 0.25) is 0 Å². The van der Waals surface area contributed by atoms with Crippen LogP contribution in [-0.4, -0.2) is 32.6 Å². The summed E-state index contributed by atoms with van der Waals surface area (Å²) < 4.78 is 39.5. The van der Waals surface area contributed by atoms with E-state index in [1.54, 1.807) is 24.5 Å². The van der Waals surface area contributed by atoms with Crippen LogP contribution < -0.4 is 0 Å². The van der Waals surface area contributed by atoms with E-state index in [0.29, 0.717) is 0 Å². The zero-order chi connectivity index (χ0) is 15.6. The molecule has 0 aromatic carbocycles. The van der Waals surface area contributed by atoms with E-state index in [1.165, 1.54) is 19.0 Å². The smallest absolute Gasteiger partial charge is 0.337 e. The molecule has 2 heterocycles. The lowest BCUT2D eigenvalue weighted by atomic mass is 10.2. The molecule has 0 unspecified atom stereocenters. The van der Waals surface area contributed by atoms with Gasteiger partial charge in [0.05, 0.1) is 5.56 Å². The largest absolute Gasteiger partial charge is 0.435 e. The Labute approximate surface area is 119 Å². The lowest BCUT2D eigenvalue weighted by Gasteiger charge is -2.17. The van der Waals surface area contributed by atoms with Crippen molar-refractivity contribution in [2.45, 2.75) is 12.7 Å². The first-order valence-electron chi connectivity index (χ1n) is 6.04. The van der Waals surface area contributed by atoms with Gasteiger partial charge in [-0.1, -0.05) is 6.07 Å². The fraction of sp³-hybridized carbons (Fsp3) is 0.308. The van der Waals surface area contributed by atoms with Gasteiger partial charge in [0.25, 0.3) is 5.91 Å². The SMILES string of the molecule is CN(Cc1cccnc1)C(=O)c1cn(C)nc1C(F)(F)F. The van der Waals surface area contributed by atoms with Gasteiger partial charge in [0.1, 0.15) is 0 Å². The van der Waals surface area contributed by atoms with Crippen LogP contribution >= 0.6 is 0 Å². The number of aryl methyl sites for hydroxylation is 1. The molecule has 0 aliphatic carbocycles. The van der Waals surface area contributed by atoms with Crippen molar-refractivity contribution in [1.29, 1.82) is 0 Å². The third-order valence-electron chi connectivity index (χ3n) is 2.82. The fourth-order valence-electron chi connectivity index (χ4n) is 1.90. The number of halogens is 3. The number of hydrogen-bond acceptors (Lipinski definition) is 3. The molecule has 21 heavy (non-hydrogen) atoms. The van der Waals surface area contributed by atoms with Gasteiger partial charge in [0.15, 0.2) is 5.69 Å². The van der Waals surface area contributed by atoms with Gasteiger partial charge in [-0.15, -0.1) is 0 Å². The lowest BCUT2D eigenvalue weighted by Crippen LogP contribution is -2.28. The average molecular weight is 298 g/mol. The summed E-state index contributed by atoms with van der Waals surface area (Å²) in [6.07, 6.45) is -0.460. The third-order valence-corrected chi connectivity index (χ3v) is 2.82. The Hall–Kier alpha value is -2.38. The lowest BCUT2D eigenvalue weighted by molar-refractivity contribution is -0.141. The van der Waals surface area contributed by atoms with E-state index in [2.05, 4.69) is 10.1 Å². The van der Waals surface area contributed by atoms with E-state index in [-0.39, 0.29) is 6.54 Å². The molecule has 0 fully saturated rings. The number of alkyl halides is 3. The van der Waals surface area contributed by atoms with Crippen LogP contribution in [0.2, 0.25) is 0 Å². The molecule has 2 aromatic heterocycles. The predicted molar refractivity (Wildman–Crippen MR) is 68.2 cm³/mol. The number of carbonyl (C=O) groups is 1. The highest BCUT2D eigenvalue weighted by molar-refractivity contribution is 5.95. The second-order valence-electron chi connectivity index (χ2n) is 4.59. The van der Waals surface area contributed by atoms with Gasteiger partial charge in [-0.3, -0.25) is 14.5 Å². The van der Waals surface area contributed by atoms with E-state index in [9.17, 15) is 18.0 Å². The Kier molecular flexibility index (Phi) is 3.97. The first-order chi connectivity index (χ1) is 9.79. The summed E-state index contributed by atoms with van der Waals surface area (Å²) in [7, 11) is 2.77. The van der Waals surface area contributed by atoms with Crippen LogP contribution in [0.1, 0.15) is 21.6 Å². The van der Waals surface area contributed by atoms with Gasteiger partial charge in [-0.25, -0.2) is 0 Å². The molecule has 0 spiro atoms. The van der Waals surface area contributed by atoms with Crippen molar-refractivity contribution in [3.8, 4) is 0 Å². The number of rotatable bonds is 3. The Morgan fingerprint density at radius 2 is 2.14 bits per heavy atom. The van der Waals surface area contributed by atoms with Crippen molar-refractivity contribution < 1.29 is 18.0 Å². The molecule has 0 N–H and O–H groups in total. The highest BCUT2D eigenvalue weighted by atomic mass is 19.4. The van der Waals surface area contributed by atoms with Crippen molar-refractivity contribution in [2.75, 3.05) is 7.05 Å². The average Bonchev–Trinajstić information content (AvgIpc) is 2.81. The number of carbonyl (C=O) groups excluding carboxylic acids is 1. The summed E-state index contributed by atoms with van der Waals surface area (Å²) in [6, 6.07) is 3.43. The van der Waals surface area contributed by atoms with Crippen molar-refractivity contribution >= 4 is 5.91 Å². The van der Waals surface area contributed by atoms with Crippen LogP contribution in [0.3, 0.4) is 0 Å². The van der Waals surface area contributed by atoms with E-state index in [4.69, 9.17) is 0 Å². The Morgan fingerprint density at radius 1 is 1.43 bits per heavy atom. The first-order valence-corrected chi connectivity index (χ1v) is 6.04. The monoisotopic (exact) mass is 298 g/mol. The van der Waals surface area contributed by atoms with E-state index in [1.807, 2.05) is 0 Å². The van der Waals surface area contributed by atoms with Gasteiger partial charge in [-0.05, 0) is 11.6 Å². The molecule has 0 atom stereocenters. The summed E-state index contributed by atoms with van der Waals surface area (Å²) in [6.45, 7) is 0.166. The Balaban J connectivity index is 2.24. The zero-order valence-corrected chi connectivity index (χ0v) is 11.4. The number of hydrogen-bond donors (Lipinski definition) is 0. The molecule has 0 saturated carbocycles. The first kappa shape index (κ1) is 15.0. The minimum Gasteiger partial charge on any atom is -0.337 e. The number of nitrogens with zero attached hydrogens (tertiary/aromatic N) is 4. The minimum absolute atomic E-state index is 0.166. The molecular formula is C13H13F3N4O. The maximum absolute atomic E-state index is 12.9. The summed E-state index contributed by atoms with van der Waals surface area (Å²) in [5.41, 5.74) is -0.907. The molecule has 0 aliphatic rings. The zero-order valence-electron chi connectivity index (χ0n) is 11.4. The molecule has 2 rings (SSSR count). The van der Waals surface area contributed by atoms with Crippen LogP contribution in [-0.2, 0) is 19.8 Å². The van der Waals surface area contributed by atoms with Gasteiger partial charge >= 0.3 is 6.18 Å². The van der Waals surface area contributed by atoms with E-state index >= 15 is 0 Å². The third kappa shape index (κ3) is 3.39. The molecule has 0 radical (unpaired) electrons. The van der Waals surface area contributed by atoms with E-state index in [0.717, 1.165) is 16.4 Å². The number of amides is 1.